The van der Waals surface area contributed by atoms with E-state index in [4.69, 9.17) is 5.11 Å². The number of carboxylic acid groups (broad SMARTS) is 1. The molecule has 0 aliphatic carbocycles. The Bertz CT molecular complexity index is 229. The van der Waals surface area contributed by atoms with E-state index in [0.29, 0.717) is 13.1 Å². The summed E-state index contributed by atoms with van der Waals surface area (Å²) in [5.41, 5.74) is 0. The van der Waals surface area contributed by atoms with Crippen molar-refractivity contribution in [3.63, 3.8) is 0 Å². The van der Waals surface area contributed by atoms with Crippen molar-refractivity contribution >= 4 is 11.9 Å². The zero-order valence-electron chi connectivity index (χ0n) is 9.86. The van der Waals surface area contributed by atoms with E-state index in [2.05, 4.69) is 0 Å². The summed E-state index contributed by atoms with van der Waals surface area (Å²) in [6, 6.07) is -0.250. The van der Waals surface area contributed by atoms with Gasteiger partial charge in [0.05, 0.1) is 13.0 Å². The number of carboxylic acids is 1. The van der Waals surface area contributed by atoms with Gasteiger partial charge in [-0.1, -0.05) is 0 Å². The second-order valence-corrected chi connectivity index (χ2v) is 3.86. The van der Waals surface area contributed by atoms with E-state index in [1.54, 1.807) is 16.7 Å². The first-order chi connectivity index (χ1) is 6.88. The maximum absolute atomic E-state index is 11.7. The van der Waals surface area contributed by atoms with Crippen LogP contribution in [0.15, 0.2) is 0 Å². The molecule has 0 saturated heterocycles. The van der Waals surface area contributed by atoms with Crippen molar-refractivity contribution in [2.24, 2.45) is 0 Å². The van der Waals surface area contributed by atoms with Crippen LogP contribution in [0.5, 0.6) is 0 Å². The van der Waals surface area contributed by atoms with Gasteiger partial charge in [-0.25, -0.2) is 0 Å². The van der Waals surface area contributed by atoms with Gasteiger partial charge in [0.25, 0.3) is 0 Å². The SMILES string of the molecule is CCN(C(=O)CN(C)C)C(C)CC(=O)O. The van der Waals surface area contributed by atoms with Crippen LogP contribution in [0.1, 0.15) is 20.3 Å². The molecule has 5 nitrogen and oxygen atoms in total. The standard InChI is InChI=1S/C10H20N2O3/c1-5-12(8(2)6-10(14)15)9(13)7-11(3)4/h8H,5-7H2,1-4H3,(H,14,15). The highest BCUT2D eigenvalue weighted by molar-refractivity contribution is 5.79. The number of hydrogen-bond donors (Lipinski definition) is 1. The Labute approximate surface area is 90.7 Å². The van der Waals surface area contributed by atoms with E-state index in [1.165, 1.54) is 0 Å². The van der Waals surface area contributed by atoms with Crippen molar-refractivity contribution in [1.82, 2.24) is 9.80 Å². The number of carbonyl (C=O) groups excluding carboxylic acids is 1. The van der Waals surface area contributed by atoms with Crippen LogP contribution >= 0.6 is 0 Å². The summed E-state index contributed by atoms with van der Waals surface area (Å²) in [6.07, 6.45) is -0.00694. The Morgan fingerprint density at radius 3 is 2.20 bits per heavy atom. The van der Waals surface area contributed by atoms with Crippen LogP contribution in [0.25, 0.3) is 0 Å². The summed E-state index contributed by atoms with van der Waals surface area (Å²) in [4.78, 5) is 25.6. The van der Waals surface area contributed by atoms with Crippen LogP contribution < -0.4 is 0 Å². The smallest absolute Gasteiger partial charge is 0.305 e. The van der Waals surface area contributed by atoms with Crippen molar-refractivity contribution in [2.75, 3.05) is 27.2 Å². The molecule has 0 heterocycles. The van der Waals surface area contributed by atoms with Crippen LogP contribution in [0.2, 0.25) is 0 Å². The largest absolute Gasteiger partial charge is 0.481 e. The second kappa shape index (κ2) is 6.40. The lowest BCUT2D eigenvalue weighted by molar-refractivity contribution is -0.140. The van der Waals surface area contributed by atoms with Gasteiger partial charge in [-0.15, -0.1) is 0 Å². The molecule has 0 aliphatic heterocycles. The zero-order chi connectivity index (χ0) is 12.0. The third-order valence-corrected chi connectivity index (χ3v) is 2.11. The van der Waals surface area contributed by atoms with Crippen molar-refractivity contribution < 1.29 is 14.7 Å². The minimum atomic E-state index is -0.876. The van der Waals surface area contributed by atoms with Gasteiger partial charge >= 0.3 is 5.97 Å². The molecule has 0 fully saturated rings. The molecule has 5 heteroatoms. The van der Waals surface area contributed by atoms with Crippen molar-refractivity contribution in [3.05, 3.63) is 0 Å². The monoisotopic (exact) mass is 216 g/mol. The van der Waals surface area contributed by atoms with Crippen molar-refractivity contribution in [1.29, 1.82) is 0 Å². The average Bonchev–Trinajstić information content (AvgIpc) is 2.01. The average molecular weight is 216 g/mol. The zero-order valence-corrected chi connectivity index (χ0v) is 9.86. The van der Waals surface area contributed by atoms with Gasteiger partial charge in [0, 0.05) is 12.6 Å². The molecule has 1 amide bonds. The molecule has 88 valence electrons. The first-order valence-corrected chi connectivity index (χ1v) is 5.04. The lowest BCUT2D eigenvalue weighted by Gasteiger charge is -2.28. The molecule has 0 aliphatic rings. The fourth-order valence-electron chi connectivity index (χ4n) is 1.46. The van der Waals surface area contributed by atoms with Crippen LogP contribution in [0.3, 0.4) is 0 Å². The van der Waals surface area contributed by atoms with Crippen LogP contribution in [-0.2, 0) is 9.59 Å². The van der Waals surface area contributed by atoms with Gasteiger partial charge in [0.1, 0.15) is 0 Å². The van der Waals surface area contributed by atoms with Gasteiger partial charge in [-0.05, 0) is 27.9 Å². The highest BCUT2D eigenvalue weighted by Gasteiger charge is 2.20. The van der Waals surface area contributed by atoms with E-state index >= 15 is 0 Å². The molecule has 15 heavy (non-hydrogen) atoms. The van der Waals surface area contributed by atoms with Gasteiger partial charge in [0.2, 0.25) is 5.91 Å². The number of aliphatic carboxylic acids is 1. The molecule has 0 aromatic carbocycles. The topological polar surface area (TPSA) is 60.9 Å². The first-order valence-electron chi connectivity index (χ1n) is 5.04. The summed E-state index contributed by atoms with van der Waals surface area (Å²) in [6.45, 7) is 4.47. The van der Waals surface area contributed by atoms with Gasteiger partial charge in [0.15, 0.2) is 0 Å². The lowest BCUT2D eigenvalue weighted by Crippen LogP contribution is -2.43. The van der Waals surface area contributed by atoms with Crippen LogP contribution in [-0.4, -0.2) is 60.0 Å². The van der Waals surface area contributed by atoms with Crippen LogP contribution in [0.4, 0.5) is 0 Å². The molecule has 1 atom stereocenters. The number of amides is 1. The Morgan fingerprint density at radius 1 is 1.33 bits per heavy atom. The van der Waals surface area contributed by atoms with E-state index in [9.17, 15) is 9.59 Å². The second-order valence-electron chi connectivity index (χ2n) is 3.86. The molecule has 1 N–H and O–H groups in total. The molecule has 0 spiro atoms. The van der Waals surface area contributed by atoms with Gasteiger partial charge in [-0.2, -0.15) is 0 Å². The molecule has 0 aromatic rings. The maximum atomic E-state index is 11.7. The number of nitrogens with zero attached hydrogens (tertiary/aromatic N) is 2. The Kier molecular flexibility index (Phi) is 5.93. The predicted octanol–water partition coefficient (Wildman–Crippen LogP) is 0.260. The van der Waals surface area contributed by atoms with Gasteiger partial charge < -0.3 is 14.9 Å². The van der Waals surface area contributed by atoms with E-state index in [-0.39, 0.29) is 18.4 Å². The third kappa shape index (κ3) is 5.37. The molecular weight excluding hydrogens is 196 g/mol. The molecule has 0 aromatic heterocycles. The van der Waals surface area contributed by atoms with Crippen LogP contribution in [0, 0.1) is 0 Å². The highest BCUT2D eigenvalue weighted by Crippen LogP contribution is 2.04. The van der Waals surface area contributed by atoms with E-state index in [0.717, 1.165) is 0 Å². The molecule has 0 rings (SSSR count). The minimum absolute atomic E-state index is 0.00694. The maximum Gasteiger partial charge on any atom is 0.305 e. The highest BCUT2D eigenvalue weighted by atomic mass is 16.4. The quantitative estimate of drug-likeness (QED) is 0.692. The summed E-state index contributed by atoms with van der Waals surface area (Å²) < 4.78 is 0. The Morgan fingerprint density at radius 2 is 1.87 bits per heavy atom. The van der Waals surface area contributed by atoms with Crippen molar-refractivity contribution in [3.8, 4) is 0 Å². The molecule has 0 bridgehead atoms. The molecular formula is C10H20N2O3. The lowest BCUT2D eigenvalue weighted by atomic mass is 10.2. The number of carbonyl (C=O) groups is 2. The molecule has 1 unspecified atom stereocenters. The molecule has 0 saturated carbocycles. The Balaban J connectivity index is 4.33. The summed E-state index contributed by atoms with van der Waals surface area (Å²) in [7, 11) is 3.63. The summed E-state index contributed by atoms with van der Waals surface area (Å²) in [5.74, 6) is -0.908. The summed E-state index contributed by atoms with van der Waals surface area (Å²) in [5, 5.41) is 8.64. The van der Waals surface area contributed by atoms with E-state index in [1.807, 2.05) is 21.0 Å². The number of rotatable bonds is 6. The molecule has 0 radical (unpaired) electrons. The first kappa shape index (κ1) is 13.9. The Hall–Kier alpha value is -1.10. The number of hydrogen-bond acceptors (Lipinski definition) is 3. The fraction of sp³-hybridized carbons (Fsp3) is 0.800. The predicted molar refractivity (Wildman–Crippen MR) is 57.7 cm³/mol. The van der Waals surface area contributed by atoms with Gasteiger partial charge in [-0.3, -0.25) is 9.59 Å². The minimum Gasteiger partial charge on any atom is -0.481 e. The summed E-state index contributed by atoms with van der Waals surface area (Å²) >= 11 is 0. The van der Waals surface area contributed by atoms with Crippen molar-refractivity contribution in [2.45, 2.75) is 26.3 Å². The normalized spacial score (nSPS) is 12.6. The number of likely N-dealkylation sites (N-methyl/N-ethyl adjacent to an activating group) is 2. The van der Waals surface area contributed by atoms with E-state index < -0.39 is 5.97 Å². The fourth-order valence-corrected chi connectivity index (χ4v) is 1.46. The third-order valence-electron chi connectivity index (χ3n) is 2.11.